The van der Waals surface area contributed by atoms with E-state index in [-0.39, 0.29) is 18.2 Å². The molecule has 3 rings (SSSR count). The van der Waals surface area contributed by atoms with Gasteiger partial charge in [0.1, 0.15) is 11.7 Å². The number of esters is 1. The Morgan fingerprint density at radius 3 is 2.92 bits per heavy atom. The van der Waals surface area contributed by atoms with Gasteiger partial charge in [0, 0.05) is 28.5 Å². The number of amides is 2. The molecular formula is C16H16BrN3O4. The van der Waals surface area contributed by atoms with E-state index < -0.39 is 12.0 Å². The number of nitrogens with zero attached hydrogens (tertiary/aromatic N) is 1. The first kappa shape index (κ1) is 16.5. The van der Waals surface area contributed by atoms with Gasteiger partial charge >= 0.3 is 5.97 Å². The van der Waals surface area contributed by atoms with Crippen LogP contribution in [0.25, 0.3) is 10.9 Å². The van der Waals surface area contributed by atoms with E-state index in [9.17, 15) is 14.4 Å². The lowest BCUT2D eigenvalue weighted by atomic mass is 10.1. The van der Waals surface area contributed by atoms with Gasteiger partial charge in [0.05, 0.1) is 13.5 Å². The molecule has 1 saturated heterocycles. The number of nitrogens with one attached hydrogen (secondary N) is 2. The van der Waals surface area contributed by atoms with Crippen molar-refractivity contribution < 1.29 is 19.1 Å². The van der Waals surface area contributed by atoms with Gasteiger partial charge < -0.3 is 19.9 Å². The molecule has 0 radical (unpaired) electrons. The summed E-state index contributed by atoms with van der Waals surface area (Å²) in [4.78, 5) is 40.9. The molecule has 126 valence electrons. The molecule has 7 nitrogen and oxygen atoms in total. The first-order valence-electron chi connectivity index (χ1n) is 7.43. The second-order valence-corrected chi connectivity index (χ2v) is 6.42. The smallest absolute Gasteiger partial charge is 0.308 e. The number of halogens is 1. The second kappa shape index (κ2) is 6.64. The van der Waals surface area contributed by atoms with Crippen LogP contribution in [0.1, 0.15) is 16.9 Å². The molecule has 0 unspecified atom stereocenters. The third-order valence-electron chi connectivity index (χ3n) is 3.99. The maximum absolute atomic E-state index is 12.8. The van der Waals surface area contributed by atoms with Crippen LogP contribution in [0.5, 0.6) is 0 Å². The van der Waals surface area contributed by atoms with Gasteiger partial charge in [-0.1, -0.05) is 15.9 Å². The molecule has 8 heteroatoms. The number of aromatic nitrogens is 1. The molecule has 2 heterocycles. The first-order chi connectivity index (χ1) is 11.5. The summed E-state index contributed by atoms with van der Waals surface area (Å²) in [5.41, 5.74) is 1.21. The van der Waals surface area contributed by atoms with Crippen molar-refractivity contribution in [1.29, 1.82) is 0 Å². The molecule has 1 aliphatic heterocycles. The molecule has 1 aliphatic rings. The van der Waals surface area contributed by atoms with E-state index in [1.54, 1.807) is 6.07 Å². The van der Waals surface area contributed by atoms with Crippen LogP contribution in [0, 0.1) is 0 Å². The molecule has 1 fully saturated rings. The van der Waals surface area contributed by atoms with Gasteiger partial charge in [-0.15, -0.1) is 0 Å². The second-order valence-electron chi connectivity index (χ2n) is 5.50. The highest BCUT2D eigenvalue weighted by Crippen LogP contribution is 2.22. The van der Waals surface area contributed by atoms with E-state index in [0.29, 0.717) is 18.8 Å². The Morgan fingerprint density at radius 1 is 1.38 bits per heavy atom. The summed E-state index contributed by atoms with van der Waals surface area (Å²) in [7, 11) is 1.25. The molecule has 2 amide bonds. The zero-order valence-electron chi connectivity index (χ0n) is 13.0. The van der Waals surface area contributed by atoms with Crippen LogP contribution in [-0.2, 0) is 14.3 Å². The number of hydrogen-bond acceptors (Lipinski definition) is 4. The highest BCUT2D eigenvalue weighted by molar-refractivity contribution is 9.10. The summed E-state index contributed by atoms with van der Waals surface area (Å²) < 4.78 is 5.54. The normalized spacial score (nSPS) is 17.7. The van der Waals surface area contributed by atoms with Crippen molar-refractivity contribution in [3.05, 3.63) is 34.4 Å². The predicted molar refractivity (Wildman–Crippen MR) is 90.5 cm³/mol. The lowest BCUT2D eigenvalue weighted by Crippen LogP contribution is -2.57. The Hall–Kier alpha value is -2.35. The highest BCUT2D eigenvalue weighted by Gasteiger charge is 2.35. The highest BCUT2D eigenvalue weighted by atomic mass is 79.9. The third kappa shape index (κ3) is 3.14. The van der Waals surface area contributed by atoms with Crippen molar-refractivity contribution in [1.82, 2.24) is 15.2 Å². The zero-order valence-corrected chi connectivity index (χ0v) is 14.6. The number of piperazine rings is 1. The number of fused-ring (bicyclic) bond motifs is 1. The molecule has 0 bridgehead atoms. The van der Waals surface area contributed by atoms with Gasteiger partial charge in [-0.05, 0) is 24.3 Å². The number of carbonyl (C=O) groups is 3. The number of methoxy groups -OCH3 is 1. The van der Waals surface area contributed by atoms with E-state index in [1.807, 2.05) is 18.2 Å². The fourth-order valence-electron chi connectivity index (χ4n) is 2.78. The predicted octanol–water partition coefficient (Wildman–Crippen LogP) is 1.43. The number of carbonyl (C=O) groups excluding carboxylic acids is 3. The van der Waals surface area contributed by atoms with Crippen molar-refractivity contribution in [2.75, 3.05) is 20.2 Å². The molecule has 0 spiro atoms. The van der Waals surface area contributed by atoms with Crippen molar-refractivity contribution in [3.63, 3.8) is 0 Å². The van der Waals surface area contributed by atoms with Crippen molar-refractivity contribution in [2.45, 2.75) is 12.5 Å². The molecule has 1 aromatic carbocycles. The average Bonchev–Trinajstić information content (AvgIpc) is 2.98. The number of hydrogen-bond donors (Lipinski definition) is 2. The summed E-state index contributed by atoms with van der Waals surface area (Å²) in [6.07, 6.45) is -0.167. The van der Waals surface area contributed by atoms with Crippen molar-refractivity contribution in [3.8, 4) is 0 Å². The van der Waals surface area contributed by atoms with Crippen LogP contribution in [0.2, 0.25) is 0 Å². The molecule has 0 saturated carbocycles. The minimum absolute atomic E-state index is 0.167. The average molecular weight is 394 g/mol. The van der Waals surface area contributed by atoms with Crippen LogP contribution in [0.3, 0.4) is 0 Å². The number of benzene rings is 1. The summed E-state index contributed by atoms with van der Waals surface area (Å²) >= 11 is 3.39. The topological polar surface area (TPSA) is 91.5 Å². The summed E-state index contributed by atoms with van der Waals surface area (Å²) in [5, 5.41) is 3.56. The standard InChI is InChI=1S/C16H16BrN3O4/c1-24-14(21)8-13-15(22)18-4-5-20(13)16(23)12-7-9-6-10(17)2-3-11(9)19-12/h2-3,6-7,13,19H,4-5,8H2,1H3,(H,18,22)/t13-/m1/s1. The quantitative estimate of drug-likeness (QED) is 0.771. The number of ether oxygens (including phenoxy) is 1. The van der Waals surface area contributed by atoms with Gasteiger partial charge in [0.15, 0.2) is 0 Å². The number of aromatic amines is 1. The van der Waals surface area contributed by atoms with E-state index >= 15 is 0 Å². The molecule has 0 aliphatic carbocycles. The van der Waals surface area contributed by atoms with E-state index in [2.05, 4.69) is 31.0 Å². The maximum Gasteiger partial charge on any atom is 0.308 e. The lowest BCUT2D eigenvalue weighted by molar-refractivity contribution is -0.145. The van der Waals surface area contributed by atoms with E-state index in [4.69, 9.17) is 0 Å². The van der Waals surface area contributed by atoms with Crippen molar-refractivity contribution in [2.24, 2.45) is 0 Å². The Bertz CT molecular complexity index is 817. The molecule has 1 aromatic heterocycles. The minimum Gasteiger partial charge on any atom is -0.469 e. The Labute approximate surface area is 146 Å². The largest absolute Gasteiger partial charge is 0.469 e. The summed E-state index contributed by atoms with van der Waals surface area (Å²) in [6.45, 7) is 0.694. The molecule has 2 aromatic rings. The monoisotopic (exact) mass is 393 g/mol. The summed E-state index contributed by atoms with van der Waals surface area (Å²) in [6, 6.07) is 6.52. The van der Waals surface area contributed by atoms with Gasteiger partial charge in [0.25, 0.3) is 5.91 Å². The number of H-pyrrole nitrogens is 1. The molecule has 24 heavy (non-hydrogen) atoms. The van der Waals surface area contributed by atoms with Gasteiger partial charge in [0.2, 0.25) is 5.91 Å². The van der Waals surface area contributed by atoms with Gasteiger partial charge in [-0.3, -0.25) is 14.4 Å². The van der Waals surface area contributed by atoms with Crippen LogP contribution in [-0.4, -0.2) is 53.9 Å². The SMILES string of the molecule is COC(=O)C[C@@H]1C(=O)NCCN1C(=O)c1cc2cc(Br)ccc2[nH]1. The molecule has 1 atom stereocenters. The van der Waals surface area contributed by atoms with Crippen LogP contribution in [0.4, 0.5) is 0 Å². The third-order valence-corrected chi connectivity index (χ3v) is 4.49. The minimum atomic E-state index is -0.864. The lowest BCUT2D eigenvalue weighted by Gasteiger charge is -2.34. The van der Waals surface area contributed by atoms with Crippen LogP contribution >= 0.6 is 15.9 Å². The van der Waals surface area contributed by atoms with E-state index in [0.717, 1.165) is 15.4 Å². The summed E-state index contributed by atoms with van der Waals surface area (Å²) in [5.74, 6) is -1.19. The Balaban J connectivity index is 1.89. The fraction of sp³-hybridized carbons (Fsp3) is 0.312. The zero-order chi connectivity index (χ0) is 17.3. The Kier molecular flexibility index (Phi) is 4.57. The van der Waals surface area contributed by atoms with Crippen LogP contribution < -0.4 is 5.32 Å². The number of rotatable bonds is 3. The van der Waals surface area contributed by atoms with Crippen molar-refractivity contribution >= 4 is 44.6 Å². The van der Waals surface area contributed by atoms with Gasteiger partial charge in [-0.2, -0.15) is 0 Å². The Morgan fingerprint density at radius 2 is 2.17 bits per heavy atom. The first-order valence-corrected chi connectivity index (χ1v) is 8.22. The van der Waals surface area contributed by atoms with Crippen LogP contribution in [0.15, 0.2) is 28.7 Å². The van der Waals surface area contributed by atoms with E-state index in [1.165, 1.54) is 12.0 Å². The van der Waals surface area contributed by atoms with Gasteiger partial charge in [-0.25, -0.2) is 0 Å². The maximum atomic E-state index is 12.8. The molecule has 2 N–H and O–H groups in total. The fourth-order valence-corrected chi connectivity index (χ4v) is 3.15. The molecular weight excluding hydrogens is 378 g/mol.